The molecule has 8 nitrogen and oxygen atoms in total. The molecule has 1 aliphatic heterocycles. The SMILES string of the molecule is CCN(CC)CCNC(=O)CCc1c(C)[nH]c(/C=C2\C(=O)Nc3ccc(C(=O)O)cc32)c1C. The van der Waals surface area contributed by atoms with Gasteiger partial charge in [0.25, 0.3) is 5.91 Å². The minimum absolute atomic E-state index is 0.0207. The lowest BCUT2D eigenvalue weighted by Crippen LogP contribution is -2.34. The number of H-pyrrole nitrogens is 1. The van der Waals surface area contributed by atoms with E-state index in [9.17, 15) is 19.5 Å². The molecule has 0 saturated carbocycles. The zero-order chi connectivity index (χ0) is 24.1. The average Bonchev–Trinajstić information content (AvgIpc) is 3.24. The fourth-order valence-corrected chi connectivity index (χ4v) is 4.16. The van der Waals surface area contributed by atoms with Crippen molar-refractivity contribution in [1.82, 2.24) is 15.2 Å². The minimum atomic E-state index is -1.04. The molecule has 1 aromatic heterocycles. The van der Waals surface area contributed by atoms with E-state index in [2.05, 4.69) is 34.4 Å². The van der Waals surface area contributed by atoms with Crippen LogP contribution in [0.25, 0.3) is 11.6 Å². The lowest BCUT2D eigenvalue weighted by atomic mass is 10.0. The number of aromatic nitrogens is 1. The van der Waals surface area contributed by atoms with Gasteiger partial charge in [-0.3, -0.25) is 9.59 Å². The number of anilines is 1. The Bertz CT molecular complexity index is 1100. The number of aromatic amines is 1. The van der Waals surface area contributed by atoms with Crippen LogP contribution in [0, 0.1) is 13.8 Å². The summed E-state index contributed by atoms with van der Waals surface area (Å²) in [6.45, 7) is 11.5. The molecule has 3 rings (SSSR count). The second-order valence-electron chi connectivity index (χ2n) is 8.22. The van der Waals surface area contributed by atoms with Crippen molar-refractivity contribution >= 4 is 35.1 Å². The van der Waals surface area contributed by atoms with Crippen LogP contribution in [0.5, 0.6) is 0 Å². The van der Waals surface area contributed by atoms with Crippen LogP contribution in [-0.2, 0) is 16.0 Å². The van der Waals surface area contributed by atoms with E-state index in [0.717, 1.165) is 42.1 Å². The maximum atomic E-state index is 12.5. The number of aryl methyl sites for hydroxylation is 1. The molecule has 2 heterocycles. The molecule has 0 spiro atoms. The van der Waals surface area contributed by atoms with Crippen LogP contribution in [0.2, 0.25) is 0 Å². The highest BCUT2D eigenvalue weighted by molar-refractivity contribution is 6.35. The number of hydrogen-bond donors (Lipinski definition) is 4. The monoisotopic (exact) mass is 452 g/mol. The van der Waals surface area contributed by atoms with E-state index in [1.807, 2.05) is 13.8 Å². The van der Waals surface area contributed by atoms with Gasteiger partial charge in [-0.25, -0.2) is 4.79 Å². The Morgan fingerprint density at radius 2 is 1.91 bits per heavy atom. The molecule has 1 aliphatic rings. The summed E-state index contributed by atoms with van der Waals surface area (Å²) in [4.78, 5) is 41.7. The van der Waals surface area contributed by atoms with Gasteiger partial charge in [0.2, 0.25) is 5.91 Å². The second kappa shape index (κ2) is 10.5. The van der Waals surface area contributed by atoms with Gasteiger partial charge in [-0.15, -0.1) is 0 Å². The molecule has 0 bridgehead atoms. The summed E-state index contributed by atoms with van der Waals surface area (Å²) in [5.74, 6) is -1.29. The number of carbonyl (C=O) groups excluding carboxylic acids is 2. The molecule has 1 aromatic carbocycles. The van der Waals surface area contributed by atoms with E-state index in [4.69, 9.17) is 0 Å². The molecule has 176 valence electrons. The Kier molecular flexibility index (Phi) is 7.71. The van der Waals surface area contributed by atoms with Crippen LogP contribution < -0.4 is 10.6 Å². The van der Waals surface area contributed by atoms with Crippen molar-refractivity contribution in [3.8, 4) is 0 Å². The molecular formula is C25H32N4O4. The fraction of sp³-hybridized carbons (Fsp3) is 0.400. The van der Waals surface area contributed by atoms with E-state index in [1.54, 1.807) is 12.1 Å². The van der Waals surface area contributed by atoms with Gasteiger partial charge >= 0.3 is 5.97 Å². The Morgan fingerprint density at radius 1 is 1.18 bits per heavy atom. The van der Waals surface area contributed by atoms with Crippen molar-refractivity contribution in [2.75, 3.05) is 31.5 Å². The average molecular weight is 453 g/mol. The largest absolute Gasteiger partial charge is 0.478 e. The number of nitrogens with one attached hydrogen (secondary N) is 3. The smallest absolute Gasteiger partial charge is 0.335 e. The van der Waals surface area contributed by atoms with Crippen molar-refractivity contribution < 1.29 is 19.5 Å². The standard InChI is InChI=1S/C25H32N4O4/c1-5-29(6-2)12-11-26-23(30)10-8-18-15(3)22(27-16(18)4)14-20-19-13-17(25(32)33)7-9-21(19)28-24(20)31/h7,9,13-14,27H,5-6,8,10-12H2,1-4H3,(H,26,30)(H,28,31)(H,32,33)/b20-14-. The van der Waals surface area contributed by atoms with Crippen molar-refractivity contribution in [2.24, 2.45) is 0 Å². The van der Waals surface area contributed by atoms with E-state index < -0.39 is 5.97 Å². The third kappa shape index (κ3) is 5.51. The second-order valence-corrected chi connectivity index (χ2v) is 8.22. The van der Waals surface area contributed by atoms with E-state index in [0.29, 0.717) is 36.2 Å². The number of carboxylic acids is 1. The predicted octanol–water partition coefficient (Wildman–Crippen LogP) is 3.21. The molecule has 0 unspecified atom stereocenters. The molecule has 0 fully saturated rings. The van der Waals surface area contributed by atoms with Crippen LogP contribution in [0.1, 0.15) is 58.7 Å². The van der Waals surface area contributed by atoms with Crippen molar-refractivity contribution in [2.45, 2.75) is 40.5 Å². The first kappa shape index (κ1) is 24.3. The molecular weight excluding hydrogens is 420 g/mol. The molecule has 4 N–H and O–H groups in total. The van der Waals surface area contributed by atoms with Gasteiger partial charge in [-0.2, -0.15) is 0 Å². The number of hydrogen-bond acceptors (Lipinski definition) is 4. The number of carbonyl (C=O) groups is 3. The highest BCUT2D eigenvalue weighted by Crippen LogP contribution is 2.34. The van der Waals surface area contributed by atoms with Gasteiger partial charge in [-0.05, 0) is 68.8 Å². The number of fused-ring (bicyclic) bond motifs is 1. The first-order chi connectivity index (χ1) is 15.7. The van der Waals surface area contributed by atoms with E-state index in [1.165, 1.54) is 12.1 Å². The van der Waals surface area contributed by atoms with E-state index >= 15 is 0 Å². The quantitative estimate of drug-likeness (QED) is 0.413. The topological polar surface area (TPSA) is 115 Å². The van der Waals surface area contributed by atoms with Crippen LogP contribution in [0.3, 0.4) is 0 Å². The zero-order valence-electron chi connectivity index (χ0n) is 19.7. The molecule has 2 amide bonds. The van der Waals surface area contributed by atoms with Crippen molar-refractivity contribution in [1.29, 1.82) is 0 Å². The first-order valence-corrected chi connectivity index (χ1v) is 11.3. The zero-order valence-corrected chi connectivity index (χ0v) is 19.7. The lowest BCUT2D eigenvalue weighted by molar-refractivity contribution is -0.121. The van der Waals surface area contributed by atoms with Crippen LogP contribution >= 0.6 is 0 Å². The third-order valence-electron chi connectivity index (χ3n) is 6.22. The molecule has 8 heteroatoms. The summed E-state index contributed by atoms with van der Waals surface area (Å²) >= 11 is 0. The summed E-state index contributed by atoms with van der Waals surface area (Å²) in [5.41, 5.74) is 5.47. The third-order valence-corrected chi connectivity index (χ3v) is 6.22. The number of nitrogens with zero attached hydrogens (tertiary/aromatic N) is 1. The molecule has 0 radical (unpaired) electrons. The van der Waals surface area contributed by atoms with Gasteiger partial charge in [0, 0.05) is 42.1 Å². The molecule has 0 aliphatic carbocycles. The maximum absolute atomic E-state index is 12.5. The highest BCUT2D eigenvalue weighted by atomic mass is 16.4. The lowest BCUT2D eigenvalue weighted by Gasteiger charge is -2.17. The Balaban J connectivity index is 1.72. The minimum Gasteiger partial charge on any atom is -0.478 e. The summed E-state index contributed by atoms with van der Waals surface area (Å²) in [6, 6.07) is 4.59. The molecule has 33 heavy (non-hydrogen) atoms. The van der Waals surface area contributed by atoms with Gasteiger partial charge in [-0.1, -0.05) is 13.8 Å². The number of amides is 2. The molecule has 0 saturated heterocycles. The normalized spacial score (nSPS) is 14.0. The number of aromatic carboxylic acids is 1. The summed E-state index contributed by atoms with van der Waals surface area (Å²) in [6.07, 6.45) is 2.74. The highest BCUT2D eigenvalue weighted by Gasteiger charge is 2.26. The summed E-state index contributed by atoms with van der Waals surface area (Å²) < 4.78 is 0. The van der Waals surface area contributed by atoms with Gasteiger partial charge in [0.1, 0.15) is 0 Å². The van der Waals surface area contributed by atoms with Gasteiger partial charge in [0.05, 0.1) is 11.1 Å². The van der Waals surface area contributed by atoms with Crippen LogP contribution in [-0.4, -0.2) is 59.0 Å². The maximum Gasteiger partial charge on any atom is 0.335 e. The predicted molar refractivity (Wildman–Crippen MR) is 129 cm³/mol. The Morgan fingerprint density at radius 3 is 2.58 bits per heavy atom. The fourth-order valence-electron chi connectivity index (χ4n) is 4.16. The van der Waals surface area contributed by atoms with Crippen LogP contribution in [0.4, 0.5) is 5.69 Å². The Hall–Kier alpha value is -3.39. The Labute approximate surface area is 194 Å². The number of benzene rings is 1. The van der Waals surface area contributed by atoms with Gasteiger partial charge in [0.15, 0.2) is 0 Å². The van der Waals surface area contributed by atoms with Crippen LogP contribution in [0.15, 0.2) is 18.2 Å². The van der Waals surface area contributed by atoms with Gasteiger partial charge < -0.3 is 25.6 Å². The molecule has 2 aromatic rings. The van der Waals surface area contributed by atoms with E-state index in [-0.39, 0.29) is 17.4 Å². The summed E-state index contributed by atoms with van der Waals surface area (Å²) in [5, 5.41) is 15.1. The number of likely N-dealkylation sites (N-methyl/N-ethyl adjacent to an activating group) is 1. The number of carboxylic acid groups (broad SMARTS) is 1. The molecule has 0 atom stereocenters. The number of rotatable bonds is 10. The first-order valence-electron chi connectivity index (χ1n) is 11.3. The van der Waals surface area contributed by atoms with Crippen molar-refractivity contribution in [3.63, 3.8) is 0 Å². The summed E-state index contributed by atoms with van der Waals surface area (Å²) in [7, 11) is 0. The van der Waals surface area contributed by atoms with Crippen molar-refractivity contribution in [3.05, 3.63) is 51.8 Å².